The van der Waals surface area contributed by atoms with Gasteiger partial charge in [-0.15, -0.1) is 0 Å². The zero-order chi connectivity index (χ0) is 20.0. The first kappa shape index (κ1) is 20.9. The molecule has 0 saturated carbocycles. The molecule has 144 valence electrons. The van der Waals surface area contributed by atoms with Crippen LogP contribution in [-0.2, 0) is 9.53 Å². The van der Waals surface area contributed by atoms with E-state index in [1.165, 1.54) is 19.2 Å². The van der Waals surface area contributed by atoms with E-state index in [2.05, 4.69) is 5.32 Å². The normalized spacial score (nSPS) is 10.3. The number of carbonyl (C=O) groups is 2. The van der Waals surface area contributed by atoms with Gasteiger partial charge in [0, 0.05) is 10.7 Å². The highest BCUT2D eigenvalue weighted by molar-refractivity contribution is 6.32. The summed E-state index contributed by atoms with van der Waals surface area (Å²) in [7, 11) is 1.43. The van der Waals surface area contributed by atoms with Gasteiger partial charge in [-0.1, -0.05) is 29.3 Å². The maximum atomic E-state index is 12.2. The minimum absolute atomic E-state index is 0.145. The van der Waals surface area contributed by atoms with E-state index in [1.54, 1.807) is 32.0 Å². The predicted molar refractivity (Wildman–Crippen MR) is 104 cm³/mol. The first-order valence-corrected chi connectivity index (χ1v) is 8.85. The Labute approximate surface area is 167 Å². The molecule has 0 aliphatic rings. The number of esters is 1. The van der Waals surface area contributed by atoms with Crippen molar-refractivity contribution >= 4 is 40.8 Å². The van der Waals surface area contributed by atoms with E-state index >= 15 is 0 Å². The molecule has 2 aromatic rings. The van der Waals surface area contributed by atoms with Crippen molar-refractivity contribution in [2.75, 3.05) is 25.6 Å². The summed E-state index contributed by atoms with van der Waals surface area (Å²) in [4.78, 5) is 24.3. The second-order valence-corrected chi connectivity index (χ2v) is 6.27. The maximum absolute atomic E-state index is 12.2. The van der Waals surface area contributed by atoms with Crippen LogP contribution in [0.25, 0.3) is 0 Å². The van der Waals surface area contributed by atoms with Gasteiger partial charge in [0.05, 0.1) is 24.3 Å². The lowest BCUT2D eigenvalue weighted by molar-refractivity contribution is -0.119. The molecule has 0 unspecified atom stereocenters. The van der Waals surface area contributed by atoms with Crippen LogP contribution in [-0.4, -0.2) is 32.2 Å². The molecule has 2 rings (SSSR count). The molecule has 0 radical (unpaired) electrons. The Balaban J connectivity index is 2.04. The molecule has 0 aliphatic heterocycles. The van der Waals surface area contributed by atoms with Crippen molar-refractivity contribution < 1.29 is 23.8 Å². The molecule has 1 N–H and O–H groups in total. The van der Waals surface area contributed by atoms with Crippen LogP contribution in [0.4, 0.5) is 5.69 Å². The van der Waals surface area contributed by atoms with Crippen LogP contribution >= 0.6 is 23.2 Å². The number of benzene rings is 2. The zero-order valence-corrected chi connectivity index (χ0v) is 16.6. The lowest BCUT2D eigenvalue weighted by Gasteiger charge is -2.13. The third-order valence-electron chi connectivity index (χ3n) is 3.63. The largest absolute Gasteiger partial charge is 0.493 e. The molecule has 0 spiro atoms. The first-order chi connectivity index (χ1) is 12.9. The van der Waals surface area contributed by atoms with Gasteiger partial charge in [0.25, 0.3) is 5.91 Å². The number of methoxy groups -OCH3 is 1. The molecule has 0 atom stereocenters. The SMILES string of the molecule is CCOc1c(Cl)cc(C(=O)OCC(=O)Nc2cccc(Cl)c2C)cc1OC. The predicted octanol–water partition coefficient (Wildman–Crippen LogP) is 4.50. The van der Waals surface area contributed by atoms with Crippen molar-refractivity contribution in [1.29, 1.82) is 0 Å². The fourth-order valence-corrected chi connectivity index (χ4v) is 2.71. The topological polar surface area (TPSA) is 73.9 Å². The Morgan fingerprint density at radius 3 is 2.56 bits per heavy atom. The lowest BCUT2D eigenvalue weighted by Crippen LogP contribution is -2.21. The van der Waals surface area contributed by atoms with Gasteiger partial charge in [0.1, 0.15) is 0 Å². The van der Waals surface area contributed by atoms with Crippen molar-refractivity contribution in [2.45, 2.75) is 13.8 Å². The highest BCUT2D eigenvalue weighted by Crippen LogP contribution is 2.36. The quantitative estimate of drug-likeness (QED) is 0.678. The summed E-state index contributed by atoms with van der Waals surface area (Å²) in [6.07, 6.45) is 0. The molecule has 2 aromatic carbocycles. The number of anilines is 1. The zero-order valence-electron chi connectivity index (χ0n) is 15.1. The molecule has 1 amide bonds. The van der Waals surface area contributed by atoms with Gasteiger partial charge in [0.15, 0.2) is 18.1 Å². The summed E-state index contributed by atoms with van der Waals surface area (Å²) >= 11 is 12.1. The Bertz CT molecular complexity index is 854. The number of hydrogen-bond donors (Lipinski definition) is 1. The molecule has 0 heterocycles. The number of carbonyl (C=O) groups excluding carboxylic acids is 2. The molecule has 0 fully saturated rings. The fraction of sp³-hybridized carbons (Fsp3) is 0.263. The molecule has 0 bridgehead atoms. The Morgan fingerprint density at radius 1 is 1.15 bits per heavy atom. The summed E-state index contributed by atoms with van der Waals surface area (Å²) in [5, 5.41) is 3.39. The highest BCUT2D eigenvalue weighted by atomic mass is 35.5. The van der Waals surface area contributed by atoms with E-state index < -0.39 is 18.5 Å². The summed E-state index contributed by atoms with van der Waals surface area (Å²) in [6.45, 7) is 3.51. The molecule has 27 heavy (non-hydrogen) atoms. The van der Waals surface area contributed by atoms with Crippen LogP contribution in [0.5, 0.6) is 11.5 Å². The third kappa shape index (κ3) is 5.28. The van der Waals surface area contributed by atoms with Crippen LogP contribution in [0.3, 0.4) is 0 Å². The van der Waals surface area contributed by atoms with Gasteiger partial charge >= 0.3 is 5.97 Å². The van der Waals surface area contributed by atoms with E-state index in [4.69, 9.17) is 37.4 Å². The average Bonchev–Trinajstić information content (AvgIpc) is 2.65. The molecular formula is C19H19Cl2NO5. The maximum Gasteiger partial charge on any atom is 0.338 e. The standard InChI is InChI=1S/C19H19Cl2NO5/c1-4-26-18-14(21)8-12(9-16(18)25-3)19(24)27-10-17(23)22-15-7-5-6-13(20)11(15)2/h5-9H,4,10H2,1-3H3,(H,22,23). The molecule has 0 aromatic heterocycles. The number of nitrogens with one attached hydrogen (secondary N) is 1. The van der Waals surface area contributed by atoms with E-state index in [-0.39, 0.29) is 10.6 Å². The van der Waals surface area contributed by atoms with Crippen molar-refractivity contribution in [3.05, 3.63) is 51.5 Å². The van der Waals surface area contributed by atoms with Gasteiger partial charge in [-0.2, -0.15) is 0 Å². The van der Waals surface area contributed by atoms with E-state index in [0.717, 1.165) is 5.56 Å². The van der Waals surface area contributed by atoms with Gasteiger partial charge < -0.3 is 19.5 Å². The van der Waals surface area contributed by atoms with Crippen LogP contribution in [0.15, 0.2) is 30.3 Å². The Hall–Kier alpha value is -2.44. The summed E-state index contributed by atoms with van der Waals surface area (Å²) in [6, 6.07) is 7.98. The molecule has 6 nitrogen and oxygen atoms in total. The Kier molecular flexibility index (Phi) is 7.33. The van der Waals surface area contributed by atoms with Crippen molar-refractivity contribution in [3.63, 3.8) is 0 Å². The summed E-state index contributed by atoms with van der Waals surface area (Å²) < 4.78 is 15.6. The number of ether oxygens (including phenoxy) is 3. The Morgan fingerprint density at radius 2 is 1.89 bits per heavy atom. The number of amides is 1. The minimum atomic E-state index is -0.712. The van der Waals surface area contributed by atoms with Crippen LogP contribution < -0.4 is 14.8 Å². The van der Waals surface area contributed by atoms with Gasteiger partial charge in [-0.25, -0.2) is 4.79 Å². The third-order valence-corrected chi connectivity index (χ3v) is 4.32. The minimum Gasteiger partial charge on any atom is -0.493 e. The smallest absolute Gasteiger partial charge is 0.338 e. The fourth-order valence-electron chi connectivity index (χ4n) is 2.27. The summed E-state index contributed by atoms with van der Waals surface area (Å²) in [5.74, 6) is -0.559. The number of halogens is 2. The monoisotopic (exact) mass is 411 g/mol. The van der Waals surface area contributed by atoms with Crippen molar-refractivity contribution in [1.82, 2.24) is 0 Å². The second-order valence-electron chi connectivity index (χ2n) is 5.46. The second kappa shape index (κ2) is 9.48. The van der Waals surface area contributed by atoms with Crippen LogP contribution in [0.1, 0.15) is 22.8 Å². The van der Waals surface area contributed by atoms with E-state index in [9.17, 15) is 9.59 Å². The van der Waals surface area contributed by atoms with Crippen LogP contribution in [0.2, 0.25) is 10.0 Å². The van der Waals surface area contributed by atoms with Crippen molar-refractivity contribution in [3.8, 4) is 11.5 Å². The lowest BCUT2D eigenvalue weighted by atomic mass is 10.2. The van der Waals surface area contributed by atoms with E-state index in [0.29, 0.717) is 28.8 Å². The van der Waals surface area contributed by atoms with Gasteiger partial charge in [-0.3, -0.25) is 4.79 Å². The first-order valence-electron chi connectivity index (χ1n) is 8.09. The van der Waals surface area contributed by atoms with Crippen LogP contribution in [0, 0.1) is 6.92 Å². The van der Waals surface area contributed by atoms with Crippen molar-refractivity contribution in [2.24, 2.45) is 0 Å². The highest BCUT2D eigenvalue weighted by Gasteiger charge is 2.18. The molecule has 0 saturated heterocycles. The number of rotatable bonds is 7. The molecule has 8 heteroatoms. The molecular weight excluding hydrogens is 393 g/mol. The number of hydrogen-bond acceptors (Lipinski definition) is 5. The molecule has 0 aliphatic carbocycles. The van der Waals surface area contributed by atoms with Gasteiger partial charge in [0.2, 0.25) is 0 Å². The summed E-state index contributed by atoms with van der Waals surface area (Å²) in [5.41, 5.74) is 1.42. The average molecular weight is 412 g/mol. The van der Waals surface area contributed by atoms with E-state index in [1.807, 2.05) is 0 Å². The van der Waals surface area contributed by atoms with Gasteiger partial charge in [-0.05, 0) is 43.7 Å².